The lowest BCUT2D eigenvalue weighted by molar-refractivity contribution is 0.0714. The van der Waals surface area contributed by atoms with Crippen LogP contribution >= 0.6 is 11.6 Å². The van der Waals surface area contributed by atoms with Gasteiger partial charge in [-0.05, 0) is 23.6 Å². The number of hydrogen-bond acceptors (Lipinski definition) is 4. The first-order chi connectivity index (χ1) is 11.7. The summed E-state index contributed by atoms with van der Waals surface area (Å²) in [6.45, 7) is 2.68. The van der Waals surface area contributed by atoms with E-state index in [1.54, 1.807) is 12.1 Å². The highest BCUT2D eigenvalue weighted by atomic mass is 35.5. The van der Waals surface area contributed by atoms with E-state index in [9.17, 15) is 4.79 Å². The fraction of sp³-hybridized carbons (Fsp3) is 0.222. The van der Waals surface area contributed by atoms with Crippen LogP contribution in [0.3, 0.4) is 0 Å². The Morgan fingerprint density at radius 2 is 1.88 bits per heavy atom. The summed E-state index contributed by atoms with van der Waals surface area (Å²) >= 11 is 6.18. The molecule has 3 aromatic rings. The first-order valence-corrected chi connectivity index (χ1v) is 8.23. The average molecular weight is 342 g/mol. The number of piperazine rings is 1. The summed E-state index contributed by atoms with van der Waals surface area (Å²) < 4.78 is 5.20. The number of carbonyl (C=O) groups excluding carboxylic acids is 1. The largest absolute Gasteiger partial charge is 0.459 e. The highest BCUT2D eigenvalue weighted by Crippen LogP contribution is 2.28. The molecule has 0 unspecified atom stereocenters. The van der Waals surface area contributed by atoms with Crippen molar-refractivity contribution in [3.05, 3.63) is 59.6 Å². The van der Waals surface area contributed by atoms with Crippen molar-refractivity contribution in [3.8, 4) is 0 Å². The first-order valence-electron chi connectivity index (χ1n) is 7.85. The maximum atomic E-state index is 12.3. The van der Waals surface area contributed by atoms with Crippen molar-refractivity contribution in [3.63, 3.8) is 0 Å². The summed E-state index contributed by atoms with van der Waals surface area (Å²) in [4.78, 5) is 20.8. The number of rotatable bonds is 2. The van der Waals surface area contributed by atoms with E-state index < -0.39 is 0 Å². The summed E-state index contributed by atoms with van der Waals surface area (Å²) in [6, 6.07) is 13.4. The van der Waals surface area contributed by atoms with Crippen LogP contribution in [0, 0.1) is 0 Å². The van der Waals surface area contributed by atoms with Crippen LogP contribution in [0.25, 0.3) is 10.8 Å². The fourth-order valence-electron chi connectivity index (χ4n) is 3.07. The second-order valence-corrected chi connectivity index (χ2v) is 6.13. The molecule has 0 radical (unpaired) electrons. The predicted molar refractivity (Wildman–Crippen MR) is 93.6 cm³/mol. The number of hydrogen-bond donors (Lipinski definition) is 0. The van der Waals surface area contributed by atoms with Crippen molar-refractivity contribution in [2.24, 2.45) is 0 Å². The van der Waals surface area contributed by atoms with Gasteiger partial charge in [-0.25, -0.2) is 4.98 Å². The second-order valence-electron chi connectivity index (χ2n) is 5.75. The Morgan fingerprint density at radius 3 is 2.62 bits per heavy atom. The van der Waals surface area contributed by atoms with E-state index in [1.165, 1.54) is 6.26 Å². The van der Waals surface area contributed by atoms with Crippen LogP contribution in [0.2, 0.25) is 5.15 Å². The van der Waals surface area contributed by atoms with Crippen molar-refractivity contribution in [2.45, 2.75) is 0 Å². The predicted octanol–water partition coefficient (Wildman–Crippen LogP) is 3.44. The van der Waals surface area contributed by atoms with Gasteiger partial charge in [0.25, 0.3) is 5.91 Å². The summed E-state index contributed by atoms with van der Waals surface area (Å²) in [5.74, 6) is 1.20. The third kappa shape index (κ3) is 2.71. The summed E-state index contributed by atoms with van der Waals surface area (Å²) in [5.41, 5.74) is 0. The van der Waals surface area contributed by atoms with Crippen LogP contribution in [-0.4, -0.2) is 42.0 Å². The molecule has 0 N–H and O–H groups in total. The molecule has 1 saturated heterocycles. The molecule has 1 fully saturated rings. The molecule has 24 heavy (non-hydrogen) atoms. The quantitative estimate of drug-likeness (QED) is 0.670. The molecule has 3 heterocycles. The van der Waals surface area contributed by atoms with Crippen LogP contribution in [0.15, 0.2) is 53.1 Å². The number of furan rings is 1. The molecule has 0 aliphatic carbocycles. The number of aromatic nitrogens is 1. The molecule has 4 rings (SSSR count). The van der Waals surface area contributed by atoms with Gasteiger partial charge in [0.05, 0.1) is 6.26 Å². The molecule has 5 nitrogen and oxygen atoms in total. The van der Waals surface area contributed by atoms with E-state index in [0.29, 0.717) is 37.1 Å². The third-order valence-corrected chi connectivity index (χ3v) is 4.48. The number of pyridine rings is 1. The molecule has 0 spiro atoms. The molecule has 0 saturated carbocycles. The maximum Gasteiger partial charge on any atom is 0.289 e. The van der Waals surface area contributed by atoms with Gasteiger partial charge in [0.15, 0.2) is 5.76 Å². The molecule has 6 heteroatoms. The zero-order chi connectivity index (χ0) is 16.5. The Bertz CT molecular complexity index is 871. The Kier molecular flexibility index (Phi) is 3.86. The Morgan fingerprint density at radius 1 is 1.08 bits per heavy atom. The highest BCUT2D eigenvalue weighted by Gasteiger charge is 2.25. The van der Waals surface area contributed by atoms with Gasteiger partial charge < -0.3 is 14.2 Å². The minimum Gasteiger partial charge on any atom is -0.459 e. The van der Waals surface area contributed by atoms with Crippen LogP contribution in [0.1, 0.15) is 10.6 Å². The Hall–Kier alpha value is -2.53. The van der Waals surface area contributed by atoms with Crippen molar-refractivity contribution in [2.75, 3.05) is 31.1 Å². The van der Waals surface area contributed by atoms with Crippen LogP contribution in [0.5, 0.6) is 0 Å². The van der Waals surface area contributed by atoms with Crippen molar-refractivity contribution < 1.29 is 9.21 Å². The van der Waals surface area contributed by atoms with Gasteiger partial charge in [-0.1, -0.05) is 35.9 Å². The number of benzene rings is 1. The smallest absolute Gasteiger partial charge is 0.289 e. The standard InChI is InChI=1S/C18H16ClN3O2/c19-16-12-13-4-1-2-5-14(13)17(20-16)21-7-9-22(10-8-21)18(23)15-6-3-11-24-15/h1-6,11-12H,7-10H2. The maximum absolute atomic E-state index is 12.3. The normalized spacial score (nSPS) is 15.0. The van der Waals surface area contributed by atoms with E-state index in [0.717, 1.165) is 16.6 Å². The second kappa shape index (κ2) is 6.17. The lowest BCUT2D eigenvalue weighted by Gasteiger charge is -2.35. The topological polar surface area (TPSA) is 49.6 Å². The highest BCUT2D eigenvalue weighted by molar-refractivity contribution is 6.30. The van der Waals surface area contributed by atoms with E-state index >= 15 is 0 Å². The average Bonchev–Trinajstić information content (AvgIpc) is 3.15. The van der Waals surface area contributed by atoms with E-state index in [-0.39, 0.29) is 5.91 Å². The number of carbonyl (C=O) groups is 1. The summed E-state index contributed by atoms with van der Waals surface area (Å²) in [5, 5.41) is 2.63. The van der Waals surface area contributed by atoms with Gasteiger partial charge in [0.2, 0.25) is 0 Å². The molecule has 1 aliphatic rings. The number of fused-ring (bicyclic) bond motifs is 1. The van der Waals surface area contributed by atoms with Gasteiger partial charge in [-0.15, -0.1) is 0 Å². The Labute approximate surface area is 144 Å². The monoisotopic (exact) mass is 341 g/mol. The SMILES string of the molecule is O=C(c1ccco1)N1CCN(c2nc(Cl)cc3ccccc23)CC1. The van der Waals surface area contributed by atoms with Gasteiger partial charge >= 0.3 is 0 Å². The van der Waals surface area contributed by atoms with Crippen LogP contribution in [0.4, 0.5) is 5.82 Å². The molecule has 122 valence electrons. The van der Waals surface area contributed by atoms with Crippen molar-refractivity contribution in [1.82, 2.24) is 9.88 Å². The van der Waals surface area contributed by atoms with Gasteiger partial charge in [-0.3, -0.25) is 4.79 Å². The Balaban J connectivity index is 1.55. The lowest BCUT2D eigenvalue weighted by Crippen LogP contribution is -2.49. The number of amides is 1. The molecular weight excluding hydrogens is 326 g/mol. The summed E-state index contributed by atoms with van der Waals surface area (Å²) in [6.07, 6.45) is 1.52. The number of anilines is 1. The molecule has 2 aromatic heterocycles. The van der Waals surface area contributed by atoms with Gasteiger partial charge in [0.1, 0.15) is 11.0 Å². The molecule has 1 aliphatic heterocycles. The zero-order valence-corrected chi connectivity index (χ0v) is 13.7. The fourth-order valence-corrected chi connectivity index (χ4v) is 3.26. The minimum absolute atomic E-state index is 0.0661. The molecular formula is C18H16ClN3O2. The summed E-state index contributed by atoms with van der Waals surface area (Å²) in [7, 11) is 0. The molecule has 0 atom stereocenters. The number of nitrogens with zero attached hydrogens (tertiary/aromatic N) is 3. The number of halogens is 1. The molecule has 1 aromatic carbocycles. The third-order valence-electron chi connectivity index (χ3n) is 4.29. The van der Waals surface area contributed by atoms with Crippen molar-refractivity contribution >= 4 is 34.1 Å². The van der Waals surface area contributed by atoms with Gasteiger partial charge in [0, 0.05) is 31.6 Å². The van der Waals surface area contributed by atoms with Crippen molar-refractivity contribution in [1.29, 1.82) is 0 Å². The minimum atomic E-state index is -0.0661. The zero-order valence-electron chi connectivity index (χ0n) is 13.0. The molecule has 0 bridgehead atoms. The first kappa shape index (κ1) is 15.0. The van der Waals surface area contributed by atoms with Crippen LogP contribution in [-0.2, 0) is 0 Å². The van der Waals surface area contributed by atoms with E-state index in [4.69, 9.17) is 16.0 Å². The molecule has 1 amide bonds. The van der Waals surface area contributed by atoms with Crippen LogP contribution < -0.4 is 4.90 Å². The van der Waals surface area contributed by atoms with E-state index in [2.05, 4.69) is 9.88 Å². The van der Waals surface area contributed by atoms with E-state index in [1.807, 2.05) is 35.2 Å². The lowest BCUT2D eigenvalue weighted by atomic mass is 10.1. The van der Waals surface area contributed by atoms with Gasteiger partial charge in [-0.2, -0.15) is 0 Å².